The van der Waals surface area contributed by atoms with Gasteiger partial charge in [-0.1, -0.05) is 18.2 Å². The minimum Gasteiger partial charge on any atom is -0.494 e. The Kier molecular flexibility index (Phi) is 6.02. The van der Waals surface area contributed by atoms with E-state index >= 15 is 0 Å². The highest BCUT2D eigenvalue weighted by atomic mass is 16.5. The highest BCUT2D eigenvalue weighted by molar-refractivity contribution is 5.76. The van der Waals surface area contributed by atoms with Crippen LogP contribution in [0.4, 0.5) is 0 Å². The third-order valence-electron chi connectivity index (χ3n) is 3.86. The van der Waals surface area contributed by atoms with Gasteiger partial charge < -0.3 is 19.8 Å². The predicted molar refractivity (Wildman–Crippen MR) is 79.0 cm³/mol. The molecule has 1 saturated heterocycles. The molecular formula is C16H23NO4. The SMILES string of the molecule is O=C(CCCOc1ccccc1)N1CC[C@H](CO)[C@H](O)C1. The van der Waals surface area contributed by atoms with E-state index in [1.165, 1.54) is 0 Å². The summed E-state index contributed by atoms with van der Waals surface area (Å²) in [4.78, 5) is 13.7. The van der Waals surface area contributed by atoms with Crippen LogP contribution in [-0.2, 0) is 4.79 Å². The first-order valence-electron chi connectivity index (χ1n) is 7.45. The monoisotopic (exact) mass is 293 g/mol. The van der Waals surface area contributed by atoms with Crippen LogP contribution in [0.2, 0.25) is 0 Å². The number of likely N-dealkylation sites (tertiary alicyclic amines) is 1. The third-order valence-corrected chi connectivity index (χ3v) is 3.86. The van der Waals surface area contributed by atoms with Gasteiger partial charge in [0.2, 0.25) is 5.91 Å². The average molecular weight is 293 g/mol. The highest BCUT2D eigenvalue weighted by Gasteiger charge is 2.29. The lowest BCUT2D eigenvalue weighted by Gasteiger charge is -2.35. The van der Waals surface area contributed by atoms with Gasteiger partial charge >= 0.3 is 0 Å². The molecule has 0 bridgehead atoms. The molecule has 2 N–H and O–H groups in total. The molecule has 5 heteroatoms. The summed E-state index contributed by atoms with van der Waals surface area (Å²) in [6, 6.07) is 9.52. The molecular weight excluding hydrogens is 270 g/mol. The van der Waals surface area contributed by atoms with Crippen LogP contribution in [0, 0.1) is 5.92 Å². The van der Waals surface area contributed by atoms with Crippen molar-refractivity contribution in [1.82, 2.24) is 4.90 Å². The quantitative estimate of drug-likeness (QED) is 0.769. The number of nitrogens with zero attached hydrogens (tertiary/aromatic N) is 1. The van der Waals surface area contributed by atoms with Crippen molar-refractivity contribution in [3.8, 4) is 5.75 Å². The minimum absolute atomic E-state index is 0.0197. The number of hydrogen-bond donors (Lipinski definition) is 2. The van der Waals surface area contributed by atoms with Crippen molar-refractivity contribution in [3.05, 3.63) is 30.3 Å². The largest absolute Gasteiger partial charge is 0.494 e. The van der Waals surface area contributed by atoms with Crippen LogP contribution < -0.4 is 4.74 Å². The topological polar surface area (TPSA) is 70.0 Å². The van der Waals surface area contributed by atoms with E-state index in [2.05, 4.69) is 0 Å². The number of β-amino-alcohol motifs (C(OH)–C–C–N with tert-alkyl or cyclic N) is 1. The summed E-state index contributed by atoms with van der Waals surface area (Å²) < 4.78 is 5.55. The van der Waals surface area contributed by atoms with Crippen LogP contribution >= 0.6 is 0 Å². The van der Waals surface area contributed by atoms with Crippen LogP contribution in [0.15, 0.2) is 30.3 Å². The molecule has 1 fully saturated rings. The molecule has 0 unspecified atom stereocenters. The number of aliphatic hydroxyl groups excluding tert-OH is 2. The number of rotatable bonds is 6. The maximum Gasteiger partial charge on any atom is 0.222 e. The molecule has 5 nitrogen and oxygen atoms in total. The number of piperidine rings is 1. The fraction of sp³-hybridized carbons (Fsp3) is 0.562. The first-order chi connectivity index (χ1) is 10.2. The molecule has 0 radical (unpaired) electrons. The number of aliphatic hydroxyl groups is 2. The van der Waals surface area contributed by atoms with Gasteiger partial charge in [0.05, 0.1) is 12.7 Å². The maximum atomic E-state index is 12.0. The number of para-hydroxylation sites is 1. The van der Waals surface area contributed by atoms with E-state index in [4.69, 9.17) is 9.84 Å². The first kappa shape index (κ1) is 15.8. The molecule has 1 aromatic carbocycles. The number of ether oxygens (including phenoxy) is 1. The smallest absolute Gasteiger partial charge is 0.222 e. The molecule has 0 saturated carbocycles. The van der Waals surface area contributed by atoms with Gasteiger partial charge in [0.15, 0.2) is 0 Å². The highest BCUT2D eigenvalue weighted by Crippen LogP contribution is 2.18. The first-order valence-corrected chi connectivity index (χ1v) is 7.45. The predicted octanol–water partition coefficient (Wildman–Crippen LogP) is 1.05. The fourth-order valence-electron chi connectivity index (χ4n) is 2.51. The lowest BCUT2D eigenvalue weighted by atomic mass is 9.94. The Balaban J connectivity index is 1.66. The number of amides is 1. The second kappa shape index (κ2) is 8.00. The van der Waals surface area contributed by atoms with Crippen molar-refractivity contribution < 1.29 is 19.7 Å². The normalized spacial score (nSPS) is 22.1. The number of hydrogen-bond acceptors (Lipinski definition) is 4. The number of carbonyl (C=O) groups is 1. The molecule has 116 valence electrons. The van der Waals surface area contributed by atoms with Gasteiger partial charge in [-0.25, -0.2) is 0 Å². The lowest BCUT2D eigenvalue weighted by Crippen LogP contribution is -2.47. The second-order valence-corrected chi connectivity index (χ2v) is 5.40. The van der Waals surface area contributed by atoms with Gasteiger partial charge in [0.1, 0.15) is 5.75 Å². The van der Waals surface area contributed by atoms with E-state index < -0.39 is 6.10 Å². The van der Waals surface area contributed by atoms with Crippen molar-refractivity contribution in [2.24, 2.45) is 5.92 Å². The Morgan fingerprint density at radius 2 is 2.10 bits per heavy atom. The van der Waals surface area contributed by atoms with Gasteiger partial charge in [-0.2, -0.15) is 0 Å². The molecule has 2 atom stereocenters. The number of benzene rings is 1. The Morgan fingerprint density at radius 1 is 1.33 bits per heavy atom. The molecule has 1 heterocycles. The summed E-state index contributed by atoms with van der Waals surface area (Å²) >= 11 is 0. The number of carbonyl (C=O) groups excluding carboxylic acids is 1. The Morgan fingerprint density at radius 3 is 2.76 bits per heavy atom. The molecule has 2 rings (SSSR count). The second-order valence-electron chi connectivity index (χ2n) is 5.40. The Hall–Kier alpha value is -1.59. The van der Waals surface area contributed by atoms with E-state index in [-0.39, 0.29) is 18.4 Å². The van der Waals surface area contributed by atoms with Crippen molar-refractivity contribution in [3.63, 3.8) is 0 Å². The zero-order valence-electron chi connectivity index (χ0n) is 12.1. The molecule has 0 spiro atoms. The molecule has 1 amide bonds. The van der Waals surface area contributed by atoms with Crippen molar-refractivity contribution in [2.75, 3.05) is 26.3 Å². The lowest BCUT2D eigenvalue weighted by molar-refractivity contribution is -0.136. The van der Waals surface area contributed by atoms with E-state index in [0.29, 0.717) is 39.0 Å². The van der Waals surface area contributed by atoms with Crippen LogP contribution in [0.3, 0.4) is 0 Å². The van der Waals surface area contributed by atoms with Crippen molar-refractivity contribution in [1.29, 1.82) is 0 Å². The molecule has 1 aliphatic heterocycles. The molecule has 1 aromatic rings. The molecule has 0 aliphatic carbocycles. The van der Waals surface area contributed by atoms with E-state index in [9.17, 15) is 9.90 Å². The van der Waals surface area contributed by atoms with Gasteiger partial charge in [0.25, 0.3) is 0 Å². The minimum atomic E-state index is -0.617. The summed E-state index contributed by atoms with van der Waals surface area (Å²) in [5, 5.41) is 18.9. The van der Waals surface area contributed by atoms with Crippen LogP contribution in [-0.4, -0.2) is 53.4 Å². The van der Waals surface area contributed by atoms with E-state index in [1.807, 2.05) is 30.3 Å². The van der Waals surface area contributed by atoms with Gasteiger partial charge in [0, 0.05) is 32.0 Å². The molecule has 0 aromatic heterocycles. The van der Waals surface area contributed by atoms with E-state index in [0.717, 1.165) is 5.75 Å². The summed E-state index contributed by atoms with van der Waals surface area (Å²) in [6.45, 7) is 1.42. The summed E-state index contributed by atoms with van der Waals surface area (Å²) in [7, 11) is 0. The standard InChI is InChI=1S/C16H23NO4/c18-12-13-8-9-17(11-15(13)19)16(20)7-4-10-21-14-5-2-1-3-6-14/h1-3,5-6,13,15,18-19H,4,7-12H2/t13-,15-/m1/s1. The van der Waals surface area contributed by atoms with Gasteiger partial charge in [-0.15, -0.1) is 0 Å². The third kappa shape index (κ3) is 4.72. The van der Waals surface area contributed by atoms with Gasteiger partial charge in [-0.05, 0) is 25.0 Å². The zero-order valence-corrected chi connectivity index (χ0v) is 12.1. The summed E-state index contributed by atoms with van der Waals surface area (Å²) in [5.41, 5.74) is 0. The maximum absolute atomic E-state index is 12.0. The van der Waals surface area contributed by atoms with Crippen LogP contribution in [0.1, 0.15) is 19.3 Å². The van der Waals surface area contributed by atoms with E-state index in [1.54, 1.807) is 4.90 Å². The fourth-order valence-corrected chi connectivity index (χ4v) is 2.51. The van der Waals surface area contributed by atoms with Crippen molar-refractivity contribution in [2.45, 2.75) is 25.4 Å². The summed E-state index contributed by atoms with van der Waals surface area (Å²) in [5.74, 6) is 0.752. The molecule has 21 heavy (non-hydrogen) atoms. The van der Waals surface area contributed by atoms with Crippen molar-refractivity contribution >= 4 is 5.91 Å². The Bertz CT molecular complexity index is 437. The Labute approximate surface area is 125 Å². The van der Waals surface area contributed by atoms with Crippen LogP contribution in [0.25, 0.3) is 0 Å². The zero-order chi connectivity index (χ0) is 15.1. The average Bonchev–Trinajstić information content (AvgIpc) is 2.52. The van der Waals surface area contributed by atoms with Crippen LogP contribution in [0.5, 0.6) is 5.75 Å². The van der Waals surface area contributed by atoms with Gasteiger partial charge in [-0.3, -0.25) is 4.79 Å². The molecule has 1 aliphatic rings. The summed E-state index contributed by atoms with van der Waals surface area (Å²) in [6.07, 6.45) is 1.12.